The average Bonchev–Trinajstić information content (AvgIpc) is 3.21. The van der Waals surface area contributed by atoms with Crippen molar-refractivity contribution in [2.75, 3.05) is 79.3 Å². The van der Waals surface area contributed by atoms with Gasteiger partial charge in [0.25, 0.3) is 0 Å². The molecule has 95 heavy (non-hydrogen) atoms. The minimum atomic E-state index is -2.80. The van der Waals surface area contributed by atoms with Gasteiger partial charge < -0.3 is 80.5 Å². The molecule has 19 heteroatoms. The standard InChI is InChI=1S/2C38H63O6PS2.Zn/c2*1-3-5-7-9-11-13-17-27-37(43-35-23-19-15-20-24-35)33-39-29-31-41-45(46,47)42-32-30-40-34-38(44-36-25-21-16-22-26-36)28-18-14-12-10-8-6-4-2;/h2*15-16,19-26,37-38H,3-14,17-18,27-34H2,1-2H3,(H,46,47);/q;;+2/p-2. The van der Waals surface area contributed by atoms with Gasteiger partial charge in [-0.05, 0) is 99.9 Å². The van der Waals surface area contributed by atoms with Crippen LogP contribution in [0.3, 0.4) is 0 Å². The van der Waals surface area contributed by atoms with E-state index in [-0.39, 0.29) is 43.9 Å². The molecule has 0 bridgehead atoms. The van der Waals surface area contributed by atoms with Gasteiger partial charge in [-0.15, -0.1) is 0 Å². The van der Waals surface area contributed by atoms with Gasteiger partial charge in [0, 0.05) is 0 Å². The molecule has 4 rings (SSSR count). The number of benzene rings is 4. The van der Waals surface area contributed by atoms with Crippen LogP contribution in [0.15, 0.2) is 121 Å². The van der Waals surface area contributed by atoms with E-state index in [0.29, 0.717) is 79.3 Å². The Balaban J connectivity index is 0.000000640. The summed E-state index contributed by atoms with van der Waals surface area (Å²) in [5.41, 5.74) is -5.61. The molecule has 0 aliphatic heterocycles. The largest absolute Gasteiger partial charge is 2.00 e. The van der Waals surface area contributed by atoms with E-state index in [1.54, 1.807) is 0 Å². The van der Waals surface area contributed by atoms with Crippen molar-refractivity contribution in [3.63, 3.8) is 0 Å². The first-order valence-electron chi connectivity index (χ1n) is 36.4. The van der Waals surface area contributed by atoms with Crippen LogP contribution in [0.1, 0.15) is 233 Å². The van der Waals surface area contributed by atoms with Crippen LogP contribution in [-0.2, 0) is 105 Å². The molecule has 4 unspecified atom stereocenters. The van der Waals surface area contributed by atoms with Crippen LogP contribution in [0.5, 0.6) is 23.0 Å². The molecule has 0 amide bonds. The molecule has 4 aromatic rings. The maximum absolute atomic E-state index is 6.23. The molecule has 12 nitrogen and oxygen atoms in total. The summed E-state index contributed by atoms with van der Waals surface area (Å²) in [4.78, 5) is 0. The first-order valence-corrected chi connectivity index (χ1v) is 43.7. The van der Waals surface area contributed by atoms with Crippen LogP contribution in [0.4, 0.5) is 0 Å². The number of unbranched alkanes of at least 4 members (excludes halogenated alkanes) is 24. The minimum Gasteiger partial charge on any atom is -0.691 e. The zero-order chi connectivity index (χ0) is 67.4. The number of para-hydroxylation sites is 4. The third-order valence-electron chi connectivity index (χ3n) is 15.8. The topological polar surface area (TPSA) is 111 Å². The first kappa shape index (κ1) is 89.5. The van der Waals surface area contributed by atoms with Crippen LogP contribution in [0.25, 0.3) is 0 Å². The molecule has 4 aromatic carbocycles. The van der Waals surface area contributed by atoms with Crippen LogP contribution in [0.2, 0.25) is 0 Å². The van der Waals surface area contributed by atoms with Crippen molar-refractivity contribution >= 4 is 59.5 Å². The van der Waals surface area contributed by atoms with E-state index in [9.17, 15) is 0 Å². The first-order chi connectivity index (χ1) is 46.0. The van der Waals surface area contributed by atoms with Crippen molar-refractivity contribution in [1.82, 2.24) is 0 Å². The van der Waals surface area contributed by atoms with Gasteiger partial charge in [0.2, 0.25) is 0 Å². The molecule has 0 aliphatic rings. The molecular formula is C76H124O12P2S4Zn. The van der Waals surface area contributed by atoms with Crippen LogP contribution >= 0.6 is 11.4 Å². The molecule has 0 spiro atoms. The third kappa shape index (κ3) is 53.9. The predicted molar refractivity (Wildman–Crippen MR) is 404 cm³/mol. The van der Waals surface area contributed by atoms with Gasteiger partial charge in [0.1, 0.15) is 47.4 Å². The summed E-state index contributed by atoms with van der Waals surface area (Å²) in [5, 5.41) is 0. The summed E-state index contributed by atoms with van der Waals surface area (Å²) in [6, 6.07) is 39.8. The monoisotopic (exact) mass is 1480 g/mol. The molecule has 536 valence electrons. The fourth-order valence-electron chi connectivity index (χ4n) is 10.6. The van der Waals surface area contributed by atoms with Gasteiger partial charge in [-0.2, -0.15) is 0 Å². The van der Waals surface area contributed by atoms with Crippen LogP contribution in [-0.4, -0.2) is 104 Å². The second-order valence-electron chi connectivity index (χ2n) is 24.4. The molecular weight excluding hydrogens is 1360 g/mol. The second kappa shape index (κ2) is 63.3. The van der Waals surface area contributed by atoms with Gasteiger partial charge in [0.05, 0.1) is 90.7 Å². The molecule has 0 heterocycles. The van der Waals surface area contributed by atoms with Crippen molar-refractivity contribution in [2.45, 2.75) is 258 Å². The summed E-state index contributed by atoms with van der Waals surface area (Å²) in [6.45, 7) is 13.7. The maximum atomic E-state index is 6.23. The van der Waals surface area contributed by atoms with Crippen LogP contribution < -0.4 is 18.9 Å². The molecule has 0 saturated heterocycles. The molecule has 0 aliphatic carbocycles. The van der Waals surface area contributed by atoms with Gasteiger partial charge in [-0.3, -0.25) is 0 Å². The quantitative estimate of drug-likeness (QED) is 0.0181. The van der Waals surface area contributed by atoms with E-state index in [4.69, 9.17) is 104 Å². The molecule has 0 N–H and O–H groups in total. The summed E-state index contributed by atoms with van der Waals surface area (Å²) in [5.74, 6) is 3.47. The summed E-state index contributed by atoms with van der Waals surface area (Å²) >= 11 is 21.8. The molecule has 4 atom stereocenters. The maximum Gasteiger partial charge on any atom is 2.00 e. The summed E-state index contributed by atoms with van der Waals surface area (Å²) in [7, 11) is 0. The second-order valence-corrected chi connectivity index (χ2v) is 34.4. The van der Waals surface area contributed by atoms with E-state index in [0.717, 1.165) is 74.4 Å². The van der Waals surface area contributed by atoms with E-state index in [1.807, 2.05) is 121 Å². The predicted octanol–water partition coefficient (Wildman–Crippen LogP) is 22.0. The van der Waals surface area contributed by atoms with Gasteiger partial charge in [-0.1, -0.05) is 278 Å². The minimum absolute atomic E-state index is 0. The fraction of sp³-hybridized carbons (Fsp3) is 0.684. The number of rotatable bonds is 64. The van der Waals surface area contributed by atoms with Crippen molar-refractivity contribution < 1.29 is 75.5 Å². The third-order valence-corrected chi connectivity index (χ3v) is 20.4. The Bertz CT molecular complexity index is 2050. The Hall–Kier alpha value is -1.62. The molecule has 0 fully saturated rings. The fourth-order valence-corrected chi connectivity index (χ4v) is 13.7. The van der Waals surface area contributed by atoms with Crippen molar-refractivity contribution in [1.29, 1.82) is 0 Å². The Labute approximate surface area is 611 Å². The number of hydrogen-bond donors (Lipinski definition) is 0. The summed E-state index contributed by atoms with van der Waals surface area (Å²) < 4.78 is 71.7. The Morgan fingerprint density at radius 2 is 0.453 bits per heavy atom. The molecule has 0 radical (unpaired) electrons. The normalized spacial score (nSPS) is 13.9. The SMILES string of the molecule is CCCCCCCCCC(COCCOP(=S)([S-])OCCOCC(CCCCCCCCC)Oc1ccccc1)Oc1ccccc1.CCCCCCCCCC(COCCOP(=S)([S-])OCCOCC(CCCCCCCCC)Oc1ccccc1)Oc1ccccc1.[Zn+2]. The smallest absolute Gasteiger partial charge is 0.691 e. The van der Waals surface area contributed by atoms with Gasteiger partial charge in [0.15, 0.2) is 0 Å². The van der Waals surface area contributed by atoms with Crippen LogP contribution in [0, 0.1) is 0 Å². The van der Waals surface area contributed by atoms with Crippen molar-refractivity contribution in [2.24, 2.45) is 0 Å². The Kier molecular flexibility index (Phi) is 59.6. The molecule has 0 aromatic heterocycles. The Morgan fingerprint density at radius 3 is 0.642 bits per heavy atom. The van der Waals surface area contributed by atoms with Gasteiger partial charge in [-0.25, -0.2) is 0 Å². The van der Waals surface area contributed by atoms with E-state index in [1.165, 1.54) is 154 Å². The van der Waals surface area contributed by atoms with Crippen molar-refractivity contribution in [3.8, 4) is 23.0 Å². The van der Waals surface area contributed by atoms with Crippen molar-refractivity contribution in [3.05, 3.63) is 121 Å². The zero-order valence-corrected chi connectivity index (χ0v) is 67.1. The van der Waals surface area contributed by atoms with Gasteiger partial charge >= 0.3 is 19.5 Å². The molecule has 0 saturated carbocycles. The average molecular weight is 1490 g/mol. The Morgan fingerprint density at radius 1 is 0.274 bits per heavy atom. The number of ether oxygens (including phenoxy) is 8. The van der Waals surface area contributed by atoms with E-state index >= 15 is 0 Å². The number of hydrogen-bond acceptors (Lipinski definition) is 16. The van der Waals surface area contributed by atoms with E-state index in [2.05, 4.69) is 27.7 Å². The zero-order valence-electron chi connectivity index (χ0n) is 59.1. The van der Waals surface area contributed by atoms with E-state index < -0.39 is 11.4 Å². The summed E-state index contributed by atoms with van der Waals surface area (Å²) in [6.07, 6.45) is 39.4.